The molecule has 6 N–H and O–H groups in total. The molecule has 374 valence electrons. The number of fused-ring (bicyclic) bond motifs is 1. The molecule has 1 aromatic heterocycles. The van der Waals surface area contributed by atoms with Gasteiger partial charge in [0.25, 0.3) is 0 Å². The summed E-state index contributed by atoms with van der Waals surface area (Å²) in [6.45, 7) is 19.0. The van der Waals surface area contributed by atoms with Crippen LogP contribution in [0.2, 0.25) is 0 Å². The number of benzene rings is 4. The maximum absolute atomic E-state index is 12.0. The molecule has 4 aliphatic rings. The highest BCUT2D eigenvalue weighted by molar-refractivity contribution is 6.00. The standard InChI is InChI=1S/C26H32N4O2.C25H28N4O2.C2H4O.2C2H6/c1-17(31)20-5-3-6-21(13-20)22-7-4-8-23(14-22)29-26(27)24-16-30(18(2)32)12-11-25(24)28-15-19-9-10-19;1-17(31)28-12-11-24-23(15-28)25(27-29(24)14-18-5-6-18)26-22-4-2-3-21(13-22)20-9-7-19(16-30)8-10-20;1-2-3;2*1-2/h3-8,13-14,17,19,28,31H,9-12,15-16H2,1-2H3,(H2,27,29);2-4,7-10,13,18,30H,5-6,11-12,14-16H2,1H3,(H,26,27);2H,1H3;2*1-2H3. The third-order valence-electron chi connectivity index (χ3n) is 12.5. The maximum Gasteiger partial charge on any atom is 0.219 e. The maximum atomic E-state index is 12.0. The van der Waals surface area contributed by atoms with Crippen LogP contribution in [0, 0.1) is 11.8 Å². The van der Waals surface area contributed by atoms with E-state index in [1.165, 1.54) is 38.3 Å². The van der Waals surface area contributed by atoms with Gasteiger partial charge < -0.3 is 41.2 Å². The highest BCUT2D eigenvalue weighted by Gasteiger charge is 2.30. The van der Waals surface area contributed by atoms with E-state index >= 15 is 0 Å². The number of anilines is 2. The fourth-order valence-corrected chi connectivity index (χ4v) is 8.26. The summed E-state index contributed by atoms with van der Waals surface area (Å²) in [7, 11) is 0. The van der Waals surface area contributed by atoms with Crippen molar-refractivity contribution in [3.8, 4) is 22.3 Å². The van der Waals surface area contributed by atoms with Crippen molar-refractivity contribution in [2.24, 2.45) is 22.6 Å². The number of aldehydes is 1. The number of amidine groups is 1. The Hall–Kier alpha value is -6.57. The van der Waals surface area contributed by atoms with Gasteiger partial charge >= 0.3 is 0 Å². The lowest BCUT2D eigenvalue weighted by Crippen LogP contribution is -2.41. The molecule has 0 saturated heterocycles. The Kier molecular flexibility index (Phi) is 21.0. The molecular weight excluding hydrogens is 877 g/mol. The molecule has 0 radical (unpaired) electrons. The van der Waals surface area contributed by atoms with E-state index in [1.54, 1.807) is 20.8 Å². The lowest BCUT2D eigenvalue weighted by Gasteiger charge is -2.30. The number of aliphatic hydroxyl groups excluding tert-OH is 2. The van der Waals surface area contributed by atoms with Gasteiger partial charge in [-0.1, -0.05) is 94.4 Å². The van der Waals surface area contributed by atoms with Crippen LogP contribution in [0.5, 0.6) is 0 Å². The number of aliphatic imine (C=N–C) groups is 1. The second-order valence-electron chi connectivity index (χ2n) is 17.7. The van der Waals surface area contributed by atoms with Crippen LogP contribution < -0.4 is 16.4 Å². The highest BCUT2D eigenvalue weighted by atomic mass is 16.3. The summed E-state index contributed by atoms with van der Waals surface area (Å²) in [6, 6.07) is 32.0. The SMILES string of the molecule is CC.CC.CC(=O)N1CCC(NCC2CC2)=C(C(N)=Nc2cccc(-c3cccc(C(C)O)c3)c2)C1.CC(=O)N1CCc2c(c(Nc3cccc(-c4ccc(CO)cc4)c3)nn2CC2CC2)C1.CC=O. The van der Waals surface area contributed by atoms with Gasteiger partial charge in [-0.05, 0) is 115 Å². The molecule has 2 fully saturated rings. The van der Waals surface area contributed by atoms with Crippen molar-refractivity contribution in [2.45, 2.75) is 120 Å². The van der Waals surface area contributed by atoms with E-state index < -0.39 is 6.10 Å². The number of rotatable bonds is 13. The summed E-state index contributed by atoms with van der Waals surface area (Å²) < 4.78 is 2.17. The Balaban J connectivity index is 0.000000232. The quantitative estimate of drug-likeness (QED) is 0.0436. The van der Waals surface area contributed by atoms with Crippen molar-refractivity contribution in [1.29, 1.82) is 0 Å². The lowest BCUT2D eigenvalue weighted by molar-refractivity contribution is -0.130. The first-order chi connectivity index (χ1) is 33.9. The zero-order valence-corrected chi connectivity index (χ0v) is 42.7. The Morgan fingerprint density at radius 3 is 2.00 bits per heavy atom. The van der Waals surface area contributed by atoms with Crippen LogP contribution in [0.4, 0.5) is 17.2 Å². The Morgan fingerprint density at radius 2 is 1.39 bits per heavy atom. The minimum Gasteiger partial charge on any atom is -0.392 e. The molecular formula is C57H76N8O5. The molecule has 13 heteroatoms. The molecule has 1 atom stereocenters. The van der Waals surface area contributed by atoms with Crippen LogP contribution in [-0.2, 0) is 40.5 Å². The third kappa shape index (κ3) is 15.5. The molecule has 0 spiro atoms. The first-order valence-electron chi connectivity index (χ1n) is 25.2. The Labute approximate surface area is 415 Å². The number of carbonyl (C=O) groups excluding carboxylic acids is 3. The van der Waals surface area contributed by atoms with Crippen LogP contribution in [0.1, 0.15) is 116 Å². The molecule has 2 amide bonds. The molecule has 5 aromatic rings. The molecule has 2 aliphatic heterocycles. The Bertz CT molecular complexity index is 2560. The number of carbonyl (C=O) groups is 3. The van der Waals surface area contributed by atoms with Gasteiger partial charge in [0.2, 0.25) is 11.8 Å². The number of amides is 2. The van der Waals surface area contributed by atoms with E-state index in [1.807, 2.05) is 122 Å². The predicted molar refractivity (Wildman–Crippen MR) is 284 cm³/mol. The molecule has 2 aliphatic carbocycles. The average molecular weight is 953 g/mol. The van der Waals surface area contributed by atoms with Gasteiger partial charge in [0, 0.05) is 81.1 Å². The van der Waals surface area contributed by atoms with Crippen LogP contribution in [-0.4, -0.2) is 79.9 Å². The number of hydrogen-bond donors (Lipinski definition) is 5. The van der Waals surface area contributed by atoms with Gasteiger partial charge in [-0.25, -0.2) is 4.99 Å². The first-order valence-corrected chi connectivity index (χ1v) is 25.2. The molecule has 2 saturated carbocycles. The topological polar surface area (TPSA) is 178 Å². The van der Waals surface area contributed by atoms with E-state index in [0.717, 1.165) is 118 Å². The molecule has 1 unspecified atom stereocenters. The number of aromatic nitrogens is 2. The molecule has 9 rings (SSSR count). The largest absolute Gasteiger partial charge is 0.392 e. The lowest BCUT2D eigenvalue weighted by atomic mass is 10.0. The van der Waals surface area contributed by atoms with Crippen molar-refractivity contribution >= 4 is 41.1 Å². The fraction of sp³-hybridized carbons (Fsp3) is 0.421. The number of aliphatic hydroxyl groups is 2. The average Bonchev–Trinajstić information content (AvgIpc) is 4.34. The summed E-state index contributed by atoms with van der Waals surface area (Å²) in [5.41, 5.74) is 18.7. The number of nitrogens with two attached hydrogens (primary N) is 1. The normalized spacial score (nSPS) is 15.5. The van der Waals surface area contributed by atoms with Crippen LogP contribution in [0.3, 0.4) is 0 Å². The molecule has 0 bridgehead atoms. The van der Waals surface area contributed by atoms with E-state index in [4.69, 9.17) is 20.6 Å². The molecule has 70 heavy (non-hydrogen) atoms. The van der Waals surface area contributed by atoms with Crippen molar-refractivity contribution in [3.63, 3.8) is 0 Å². The zero-order valence-electron chi connectivity index (χ0n) is 42.7. The summed E-state index contributed by atoms with van der Waals surface area (Å²) in [5, 5.41) is 31.2. The van der Waals surface area contributed by atoms with Crippen molar-refractivity contribution < 1.29 is 24.6 Å². The van der Waals surface area contributed by atoms with Gasteiger partial charge in [0.15, 0.2) is 5.82 Å². The fourth-order valence-electron chi connectivity index (χ4n) is 8.26. The number of nitrogens with zero attached hydrogens (tertiary/aromatic N) is 5. The van der Waals surface area contributed by atoms with Crippen LogP contribution >= 0.6 is 0 Å². The predicted octanol–water partition coefficient (Wildman–Crippen LogP) is 10.3. The van der Waals surface area contributed by atoms with Crippen molar-refractivity contribution in [3.05, 3.63) is 131 Å². The van der Waals surface area contributed by atoms with Crippen LogP contribution in [0.25, 0.3) is 22.3 Å². The minimum atomic E-state index is -0.518. The second kappa shape index (κ2) is 27.0. The number of nitrogens with one attached hydrogen (secondary N) is 2. The summed E-state index contributed by atoms with van der Waals surface area (Å²) >= 11 is 0. The first kappa shape index (κ1) is 54.4. The van der Waals surface area contributed by atoms with Gasteiger partial charge in [-0.3, -0.25) is 14.3 Å². The van der Waals surface area contributed by atoms with E-state index in [0.29, 0.717) is 25.5 Å². The van der Waals surface area contributed by atoms with E-state index in [2.05, 4.69) is 27.4 Å². The summed E-state index contributed by atoms with van der Waals surface area (Å²) in [4.78, 5) is 41.2. The smallest absolute Gasteiger partial charge is 0.219 e. The van der Waals surface area contributed by atoms with Gasteiger partial charge in [-0.2, -0.15) is 5.10 Å². The second-order valence-corrected chi connectivity index (χ2v) is 17.7. The molecule has 13 nitrogen and oxygen atoms in total. The van der Waals surface area contributed by atoms with Crippen LogP contribution in [0.15, 0.2) is 113 Å². The number of hydrogen-bond acceptors (Lipinski definition) is 9. The van der Waals surface area contributed by atoms with Gasteiger partial charge in [0.1, 0.15) is 12.1 Å². The monoisotopic (exact) mass is 953 g/mol. The zero-order chi connectivity index (χ0) is 50.7. The van der Waals surface area contributed by atoms with E-state index in [-0.39, 0.29) is 18.4 Å². The van der Waals surface area contributed by atoms with E-state index in [9.17, 15) is 19.8 Å². The van der Waals surface area contributed by atoms with Crippen molar-refractivity contribution in [2.75, 3.05) is 31.5 Å². The molecule has 4 aromatic carbocycles. The van der Waals surface area contributed by atoms with Gasteiger partial charge in [0.05, 0.1) is 31.5 Å². The Morgan fingerprint density at radius 1 is 0.800 bits per heavy atom. The van der Waals surface area contributed by atoms with Gasteiger partial charge in [-0.15, -0.1) is 0 Å². The van der Waals surface area contributed by atoms with Crippen molar-refractivity contribution in [1.82, 2.24) is 24.9 Å². The third-order valence-corrected chi connectivity index (χ3v) is 12.5. The molecule has 3 heterocycles. The summed E-state index contributed by atoms with van der Waals surface area (Å²) in [5.74, 6) is 2.96. The minimum absolute atomic E-state index is 0.0494. The summed E-state index contributed by atoms with van der Waals surface area (Å²) in [6.07, 6.45) is 6.99. The highest BCUT2D eigenvalue weighted by Crippen LogP contribution is 2.35.